The number of hydrogen-bond acceptors (Lipinski definition) is 19. The van der Waals surface area contributed by atoms with Gasteiger partial charge < -0.3 is 4.74 Å². The van der Waals surface area contributed by atoms with E-state index in [-0.39, 0.29) is 72.3 Å². The van der Waals surface area contributed by atoms with Crippen molar-refractivity contribution in [3.8, 4) is 5.75 Å². The first-order valence-electron chi connectivity index (χ1n) is 35.1. The molecule has 0 unspecified atom stereocenters. The molecular formula is C88H72N6O13S6. The van der Waals surface area contributed by atoms with Gasteiger partial charge in [0.15, 0.2) is 0 Å². The van der Waals surface area contributed by atoms with Crippen molar-refractivity contribution in [2.45, 2.75) is 60.3 Å². The molecule has 25 heteroatoms. The number of methoxy groups -OCH3 is 1. The first kappa shape index (κ1) is 82.1. The third kappa shape index (κ3) is 20.7. The summed E-state index contributed by atoms with van der Waals surface area (Å²) in [7, 11) is 1.56. The molecule has 0 radical (unpaired) electrons. The second-order valence-corrected chi connectivity index (χ2v) is 32.3. The van der Waals surface area contributed by atoms with E-state index in [1.807, 2.05) is 210 Å². The second kappa shape index (κ2) is 37.5. The van der Waals surface area contributed by atoms with Crippen LogP contribution in [0.4, 0.5) is 28.8 Å². The molecule has 6 aliphatic heterocycles. The molecule has 6 aliphatic rings. The maximum atomic E-state index is 12.1. The number of fused-ring (bicyclic) bond motifs is 4. The molecule has 6 fully saturated rings. The van der Waals surface area contributed by atoms with E-state index in [0.29, 0.717) is 35.2 Å². The Labute approximate surface area is 676 Å². The standard InChI is InChI=1S/C18H11NO2S.C17H13NO2S.C16H19NO2S.C14H9NO2S.C12H11NO2S.C11H9NO3S/c20-17-16(22-18(21)19-17)10-12-9-11-5-1-2-6-13(11)15-8-4-3-7-14(12)15;1-11-7-5-6-10-13(11)14(12-8-3-2-4-9-12)15-16(19)18-17(20)21-15;1-5-12(13-14(18)17-15(19)20-13)10-6-8-11(9-7-10)16(2,3)4;16-13-12(18-14(17)15-13)8-10-6-3-5-9-4-1-2-7-11(9)10;1-7-5-3-4-6-9(7)8(2)10-11(14)13-12(15)16-10;1-15-8-5-3-2-4-7(8)6-9-10(13)12-11(14)16-9/h1-10H,(H,19,20,21);2-10H,1H3,(H,18,19,20);6-9H,5H2,1-4H3,(H,17,18,19);1-8H,(H,15,16,17);3-6H,1-2H3,(H,13,14,15);2-6H,1H3,(H,12,13,14)/b16-10-;15-14-;13-12-;12-8-;10-8-;9-6-. The van der Waals surface area contributed by atoms with Crippen molar-refractivity contribution < 1.29 is 62.3 Å². The molecule has 10 aromatic carbocycles. The van der Waals surface area contributed by atoms with Gasteiger partial charge in [0.05, 0.1) is 36.5 Å². The van der Waals surface area contributed by atoms with Crippen molar-refractivity contribution in [2.75, 3.05) is 7.11 Å². The number of thioether (sulfide) groups is 6. The van der Waals surface area contributed by atoms with E-state index in [1.165, 1.54) is 10.9 Å². The molecule has 6 heterocycles. The fraction of sp³-hybridized carbons (Fsp3) is 0.114. The average molecular weight is 1610 g/mol. The number of imide groups is 6. The zero-order valence-electron chi connectivity index (χ0n) is 62.1. The topological polar surface area (TPSA) is 286 Å². The molecule has 0 spiro atoms. The van der Waals surface area contributed by atoms with E-state index in [1.54, 1.807) is 31.4 Å². The Morgan fingerprint density at radius 2 is 0.770 bits per heavy atom. The Kier molecular flexibility index (Phi) is 27.2. The number of nitrogens with one attached hydrogen (secondary N) is 6. The summed E-state index contributed by atoms with van der Waals surface area (Å²) in [5.74, 6) is -1.24. The van der Waals surface area contributed by atoms with Gasteiger partial charge >= 0.3 is 0 Å². The van der Waals surface area contributed by atoms with Gasteiger partial charge in [-0.05, 0) is 227 Å². The summed E-state index contributed by atoms with van der Waals surface area (Å²) in [6, 6.07) is 73.0. The highest BCUT2D eigenvalue weighted by molar-refractivity contribution is 8.20. The lowest BCUT2D eigenvalue weighted by Crippen LogP contribution is -2.18. The van der Waals surface area contributed by atoms with Gasteiger partial charge in [0.25, 0.3) is 66.9 Å². The summed E-state index contributed by atoms with van der Waals surface area (Å²) in [5, 5.41) is 18.5. The van der Waals surface area contributed by atoms with Crippen LogP contribution in [-0.2, 0) is 34.2 Å². The fourth-order valence-corrected chi connectivity index (χ4v) is 16.7. The molecule has 10 aromatic rings. The molecular weight excluding hydrogens is 1540 g/mol. The SMILES string of the molecule is C/C(=C1/SC(=O)NC1=O)c1ccccc1C.CC/C(=C1/SC(=O)NC1=O)c1ccc(C(C)(C)C)cc1.COc1ccccc1/C=C1\SC(=O)NC1=O.Cc1ccccc1/C(=C1\SC(=O)NC1=O)c1ccccc1.O=C1NC(=O)/C(=C/c2cc3ccccc3c3ccccc23)S1.O=C1NC(=O)/C(=C/c2cccc3ccccc23)S1. The molecule has 19 nitrogen and oxygen atoms in total. The molecule has 0 aliphatic carbocycles. The number of hydrogen-bond donors (Lipinski definition) is 6. The van der Waals surface area contributed by atoms with E-state index in [2.05, 4.69) is 89.1 Å². The summed E-state index contributed by atoms with van der Waals surface area (Å²) >= 11 is 5.69. The van der Waals surface area contributed by atoms with E-state index in [9.17, 15) is 57.5 Å². The third-order valence-electron chi connectivity index (χ3n) is 17.7. The number of allylic oxidation sites excluding steroid dienone is 2. The van der Waals surface area contributed by atoms with E-state index in [4.69, 9.17) is 4.74 Å². The summed E-state index contributed by atoms with van der Waals surface area (Å²) in [6.07, 6.45) is 5.91. The second-order valence-electron chi connectivity index (χ2n) is 26.3. The van der Waals surface area contributed by atoms with E-state index >= 15 is 0 Å². The summed E-state index contributed by atoms with van der Waals surface area (Å²) in [5.41, 5.74) is 12.7. The van der Waals surface area contributed by atoms with Crippen molar-refractivity contribution >= 4 is 205 Å². The van der Waals surface area contributed by atoms with Crippen LogP contribution in [0.15, 0.2) is 254 Å². The highest BCUT2D eigenvalue weighted by Gasteiger charge is 2.33. The van der Waals surface area contributed by atoms with Crippen LogP contribution < -0.4 is 36.6 Å². The Morgan fingerprint density at radius 3 is 1.27 bits per heavy atom. The Hall–Kier alpha value is -11.8. The zero-order chi connectivity index (χ0) is 80.6. The summed E-state index contributed by atoms with van der Waals surface area (Å²) in [4.78, 5) is 140. The van der Waals surface area contributed by atoms with Crippen LogP contribution in [0.2, 0.25) is 0 Å². The third-order valence-corrected chi connectivity index (χ3v) is 22.9. The van der Waals surface area contributed by atoms with Gasteiger partial charge in [0, 0.05) is 11.1 Å². The molecule has 113 heavy (non-hydrogen) atoms. The molecule has 0 aromatic heterocycles. The monoisotopic (exact) mass is 1610 g/mol. The highest BCUT2D eigenvalue weighted by Crippen LogP contribution is 2.40. The number of para-hydroxylation sites is 1. The maximum Gasteiger partial charge on any atom is 0.290 e. The number of benzene rings is 10. The minimum Gasteiger partial charge on any atom is -0.496 e. The van der Waals surface area contributed by atoms with Crippen molar-refractivity contribution in [2.24, 2.45) is 0 Å². The van der Waals surface area contributed by atoms with Gasteiger partial charge in [-0.1, -0.05) is 240 Å². The number of carbonyl (C=O) groups is 12. The number of amides is 12. The van der Waals surface area contributed by atoms with Crippen molar-refractivity contribution in [1.29, 1.82) is 0 Å². The zero-order valence-corrected chi connectivity index (χ0v) is 67.0. The van der Waals surface area contributed by atoms with Crippen LogP contribution >= 0.6 is 70.6 Å². The number of aryl methyl sites for hydroxylation is 2. The first-order chi connectivity index (χ1) is 54.2. The molecule has 12 amide bonds. The van der Waals surface area contributed by atoms with Crippen LogP contribution in [0.25, 0.3) is 67.3 Å². The minimum absolute atomic E-state index is 0.105. The number of ether oxygens (including phenoxy) is 1. The Balaban J connectivity index is 0.000000134. The molecule has 6 saturated heterocycles. The fourth-order valence-electron chi connectivity index (χ4n) is 12.3. The smallest absolute Gasteiger partial charge is 0.290 e. The maximum absolute atomic E-state index is 12.1. The lowest BCUT2D eigenvalue weighted by Gasteiger charge is -2.19. The van der Waals surface area contributed by atoms with Gasteiger partial charge in [0.2, 0.25) is 0 Å². The van der Waals surface area contributed by atoms with E-state index in [0.717, 1.165) is 171 Å². The Bertz CT molecular complexity index is 5780. The first-order valence-corrected chi connectivity index (χ1v) is 40.0. The minimum atomic E-state index is -0.360. The van der Waals surface area contributed by atoms with Gasteiger partial charge in [0.1, 0.15) is 5.75 Å². The average Bonchev–Trinajstić information content (AvgIpc) is 1.44. The van der Waals surface area contributed by atoms with Gasteiger partial charge in [-0.25, -0.2) is 0 Å². The summed E-state index contributed by atoms with van der Waals surface area (Å²) in [6.45, 7) is 14.3. The van der Waals surface area contributed by atoms with Crippen LogP contribution in [0.3, 0.4) is 0 Å². The van der Waals surface area contributed by atoms with Crippen LogP contribution in [0, 0.1) is 13.8 Å². The highest BCUT2D eigenvalue weighted by atomic mass is 32.2. The van der Waals surface area contributed by atoms with Crippen molar-refractivity contribution in [1.82, 2.24) is 31.9 Å². The summed E-state index contributed by atoms with van der Waals surface area (Å²) < 4.78 is 5.15. The molecule has 0 saturated carbocycles. The molecule has 0 bridgehead atoms. The van der Waals surface area contributed by atoms with Crippen LogP contribution in [0.5, 0.6) is 5.75 Å². The van der Waals surface area contributed by atoms with Crippen LogP contribution in [0.1, 0.15) is 96.7 Å². The molecule has 568 valence electrons. The Morgan fingerprint density at radius 1 is 0.363 bits per heavy atom. The normalized spacial score (nSPS) is 17.5. The molecule has 0 atom stereocenters. The van der Waals surface area contributed by atoms with Crippen molar-refractivity contribution in [3.05, 3.63) is 310 Å². The van der Waals surface area contributed by atoms with Crippen LogP contribution in [-0.4, -0.2) is 74.0 Å². The van der Waals surface area contributed by atoms with Gasteiger partial charge in [-0.2, -0.15) is 0 Å². The quantitative estimate of drug-likeness (QED) is 0.0578. The van der Waals surface area contributed by atoms with Gasteiger partial charge in [-0.15, -0.1) is 0 Å². The van der Waals surface area contributed by atoms with Crippen molar-refractivity contribution in [3.63, 3.8) is 0 Å². The van der Waals surface area contributed by atoms with Gasteiger partial charge in [-0.3, -0.25) is 89.4 Å². The lowest BCUT2D eigenvalue weighted by molar-refractivity contribution is -0.116. The lowest BCUT2D eigenvalue weighted by atomic mass is 9.86. The van der Waals surface area contributed by atoms with E-state index < -0.39 is 0 Å². The molecule has 6 N–H and O–H groups in total. The number of rotatable bonds is 9. The molecule has 16 rings (SSSR count). The largest absolute Gasteiger partial charge is 0.496 e. The predicted molar refractivity (Wildman–Crippen MR) is 459 cm³/mol. The predicted octanol–water partition coefficient (Wildman–Crippen LogP) is 20.0. The number of carbonyl (C=O) groups excluding carboxylic acids is 12.